The second-order valence-electron chi connectivity index (χ2n) is 4.58. The van der Waals surface area contributed by atoms with E-state index in [4.69, 9.17) is 5.73 Å². The van der Waals surface area contributed by atoms with Crippen LogP contribution in [0.25, 0.3) is 0 Å². The summed E-state index contributed by atoms with van der Waals surface area (Å²) in [5.74, 6) is -0.104. The summed E-state index contributed by atoms with van der Waals surface area (Å²) in [6, 6.07) is 5.52. The van der Waals surface area contributed by atoms with Crippen LogP contribution >= 0.6 is 0 Å². The van der Waals surface area contributed by atoms with E-state index in [1.54, 1.807) is 6.07 Å². The molecule has 0 atom stereocenters. The largest absolute Gasteiger partial charge is 0.398 e. The summed E-state index contributed by atoms with van der Waals surface area (Å²) in [7, 11) is 0. The van der Waals surface area contributed by atoms with Gasteiger partial charge in [0.1, 0.15) is 0 Å². The predicted molar refractivity (Wildman–Crippen MR) is 68.5 cm³/mol. The van der Waals surface area contributed by atoms with Crippen molar-refractivity contribution in [2.75, 3.05) is 18.8 Å². The van der Waals surface area contributed by atoms with Crippen LogP contribution in [0.4, 0.5) is 5.69 Å². The van der Waals surface area contributed by atoms with Crippen molar-refractivity contribution in [2.24, 2.45) is 0 Å². The number of benzene rings is 1. The van der Waals surface area contributed by atoms with E-state index in [9.17, 15) is 4.79 Å². The highest BCUT2D eigenvalue weighted by Gasteiger charge is 2.15. The fraction of sp³-hybridized carbons (Fsp3) is 0.462. The number of nitrogens with one attached hydrogen (secondary N) is 1. The van der Waals surface area contributed by atoms with Crippen molar-refractivity contribution in [3.63, 3.8) is 0 Å². The summed E-state index contributed by atoms with van der Waals surface area (Å²) in [5.41, 5.74) is 10.9. The van der Waals surface area contributed by atoms with Gasteiger partial charge in [-0.15, -0.1) is 0 Å². The molecule has 17 heavy (non-hydrogen) atoms. The molecule has 3 N–H and O–H groups in total. The van der Waals surface area contributed by atoms with Gasteiger partial charge in [0.25, 0.3) is 5.91 Å². The van der Waals surface area contributed by atoms with E-state index in [-0.39, 0.29) is 5.91 Å². The number of carbonyl (C=O) groups excluding carboxylic acids is 1. The van der Waals surface area contributed by atoms with E-state index in [0.717, 1.165) is 31.5 Å². The molecule has 1 aliphatic heterocycles. The molecule has 4 nitrogen and oxygen atoms in total. The Morgan fingerprint density at radius 1 is 1.29 bits per heavy atom. The fourth-order valence-corrected chi connectivity index (χ4v) is 2.08. The summed E-state index contributed by atoms with van der Waals surface area (Å²) in [4.78, 5) is 12.1. The normalized spacial score (nSPS) is 16.8. The Bertz CT molecular complexity index is 411. The van der Waals surface area contributed by atoms with Crippen LogP contribution in [0.5, 0.6) is 0 Å². The number of rotatable bonds is 2. The molecule has 0 spiro atoms. The van der Waals surface area contributed by atoms with Gasteiger partial charge in [-0.3, -0.25) is 10.2 Å². The Morgan fingerprint density at radius 3 is 2.71 bits per heavy atom. The number of amides is 1. The average Bonchev–Trinajstić information content (AvgIpc) is 2.33. The zero-order valence-corrected chi connectivity index (χ0v) is 10.2. The van der Waals surface area contributed by atoms with Gasteiger partial charge in [0.05, 0.1) is 5.56 Å². The molecule has 0 saturated carbocycles. The van der Waals surface area contributed by atoms with Gasteiger partial charge >= 0.3 is 0 Å². The van der Waals surface area contributed by atoms with E-state index in [0.29, 0.717) is 11.3 Å². The van der Waals surface area contributed by atoms with Crippen LogP contribution in [0.2, 0.25) is 0 Å². The third-order valence-corrected chi connectivity index (χ3v) is 3.07. The Kier molecular flexibility index (Phi) is 3.64. The van der Waals surface area contributed by atoms with Gasteiger partial charge < -0.3 is 5.73 Å². The Hall–Kier alpha value is -1.55. The van der Waals surface area contributed by atoms with Gasteiger partial charge in [0, 0.05) is 18.8 Å². The van der Waals surface area contributed by atoms with E-state index >= 15 is 0 Å². The summed E-state index contributed by atoms with van der Waals surface area (Å²) in [6.45, 7) is 3.81. The highest BCUT2D eigenvalue weighted by Crippen LogP contribution is 2.14. The van der Waals surface area contributed by atoms with Crippen molar-refractivity contribution in [1.29, 1.82) is 0 Å². The number of nitrogen functional groups attached to an aromatic ring is 1. The quantitative estimate of drug-likeness (QED) is 0.764. The molecular formula is C13H19N3O. The molecule has 1 heterocycles. The predicted octanol–water partition coefficient (Wildman–Crippen LogP) is 1.71. The van der Waals surface area contributed by atoms with E-state index in [2.05, 4.69) is 5.43 Å². The average molecular weight is 233 g/mol. The van der Waals surface area contributed by atoms with Gasteiger partial charge in [-0.05, 0) is 31.9 Å². The van der Waals surface area contributed by atoms with Crippen LogP contribution in [-0.4, -0.2) is 24.0 Å². The number of hydrogen-bond acceptors (Lipinski definition) is 3. The zero-order valence-electron chi connectivity index (χ0n) is 10.2. The molecule has 92 valence electrons. The lowest BCUT2D eigenvalue weighted by Crippen LogP contribution is -2.45. The first-order valence-electron chi connectivity index (χ1n) is 6.09. The van der Waals surface area contributed by atoms with Crippen molar-refractivity contribution in [3.05, 3.63) is 29.3 Å². The minimum absolute atomic E-state index is 0.104. The topological polar surface area (TPSA) is 58.4 Å². The Labute approximate surface area is 102 Å². The molecule has 0 unspecified atom stereocenters. The van der Waals surface area contributed by atoms with Crippen LogP contribution in [0.15, 0.2) is 18.2 Å². The number of nitrogens with two attached hydrogens (primary N) is 1. The second-order valence-corrected chi connectivity index (χ2v) is 4.58. The fourth-order valence-electron chi connectivity index (χ4n) is 2.08. The molecule has 0 bridgehead atoms. The molecule has 1 aromatic carbocycles. The van der Waals surface area contributed by atoms with Crippen molar-refractivity contribution < 1.29 is 4.79 Å². The maximum Gasteiger partial charge on any atom is 0.267 e. The monoisotopic (exact) mass is 233 g/mol. The van der Waals surface area contributed by atoms with Gasteiger partial charge in [-0.25, -0.2) is 5.01 Å². The number of hydrogen-bond donors (Lipinski definition) is 2. The molecule has 4 heteroatoms. The lowest BCUT2D eigenvalue weighted by Gasteiger charge is -2.27. The summed E-state index contributed by atoms with van der Waals surface area (Å²) in [5, 5.41) is 1.98. The van der Waals surface area contributed by atoms with Crippen molar-refractivity contribution in [3.8, 4) is 0 Å². The third kappa shape index (κ3) is 2.97. The number of piperidine rings is 1. The van der Waals surface area contributed by atoms with Gasteiger partial charge in [0.15, 0.2) is 0 Å². The number of nitrogens with zero attached hydrogens (tertiary/aromatic N) is 1. The lowest BCUT2D eigenvalue weighted by molar-refractivity contribution is 0.0751. The van der Waals surface area contributed by atoms with Crippen LogP contribution in [0.1, 0.15) is 35.2 Å². The zero-order chi connectivity index (χ0) is 12.3. The van der Waals surface area contributed by atoms with Crippen molar-refractivity contribution in [1.82, 2.24) is 10.4 Å². The number of hydrazine groups is 1. The minimum Gasteiger partial charge on any atom is -0.398 e. The van der Waals surface area contributed by atoms with E-state index < -0.39 is 0 Å². The lowest BCUT2D eigenvalue weighted by atomic mass is 10.1. The van der Waals surface area contributed by atoms with E-state index in [1.807, 2.05) is 24.1 Å². The van der Waals surface area contributed by atoms with Gasteiger partial charge in [0.2, 0.25) is 0 Å². The smallest absolute Gasteiger partial charge is 0.267 e. The molecule has 1 aromatic rings. The molecule has 1 saturated heterocycles. The van der Waals surface area contributed by atoms with Crippen molar-refractivity contribution >= 4 is 11.6 Å². The molecule has 1 aliphatic rings. The molecule has 1 fully saturated rings. The SMILES string of the molecule is Cc1ccc(N)c(C(=O)NN2CCCCC2)c1. The highest BCUT2D eigenvalue weighted by molar-refractivity contribution is 5.99. The number of aryl methyl sites for hydroxylation is 1. The van der Waals surface area contributed by atoms with Crippen LogP contribution in [0.3, 0.4) is 0 Å². The molecule has 0 radical (unpaired) electrons. The molecule has 0 aliphatic carbocycles. The van der Waals surface area contributed by atoms with Gasteiger partial charge in [-0.1, -0.05) is 18.1 Å². The standard InChI is InChI=1S/C13H19N3O/c1-10-5-6-12(14)11(9-10)13(17)15-16-7-3-2-4-8-16/h5-6,9H,2-4,7-8,14H2,1H3,(H,15,17). The Balaban J connectivity index is 2.05. The third-order valence-electron chi connectivity index (χ3n) is 3.07. The van der Waals surface area contributed by atoms with E-state index in [1.165, 1.54) is 6.42 Å². The maximum atomic E-state index is 12.1. The minimum atomic E-state index is -0.104. The number of anilines is 1. The molecule has 0 aromatic heterocycles. The first-order chi connectivity index (χ1) is 8.16. The molecule has 1 amide bonds. The summed E-state index contributed by atoms with van der Waals surface area (Å²) in [6.07, 6.45) is 3.53. The first-order valence-corrected chi connectivity index (χ1v) is 6.09. The van der Waals surface area contributed by atoms with Crippen LogP contribution < -0.4 is 11.2 Å². The second kappa shape index (κ2) is 5.19. The van der Waals surface area contributed by atoms with Crippen LogP contribution in [0, 0.1) is 6.92 Å². The Morgan fingerprint density at radius 2 is 2.00 bits per heavy atom. The van der Waals surface area contributed by atoms with Gasteiger partial charge in [-0.2, -0.15) is 0 Å². The van der Waals surface area contributed by atoms with Crippen molar-refractivity contribution in [2.45, 2.75) is 26.2 Å². The highest BCUT2D eigenvalue weighted by atomic mass is 16.2. The number of carbonyl (C=O) groups is 1. The summed E-state index contributed by atoms with van der Waals surface area (Å²) >= 11 is 0. The molecule has 2 rings (SSSR count). The first kappa shape index (κ1) is 11.9. The van der Waals surface area contributed by atoms with Crippen LogP contribution in [-0.2, 0) is 0 Å². The maximum absolute atomic E-state index is 12.1. The molecular weight excluding hydrogens is 214 g/mol. The summed E-state index contributed by atoms with van der Waals surface area (Å²) < 4.78 is 0.